The molecule has 2 rings (SSSR count). The molecule has 0 saturated carbocycles. The number of nitrogens with zero attached hydrogens (tertiary/aromatic N) is 1. The summed E-state index contributed by atoms with van der Waals surface area (Å²) in [4.78, 5) is 4.21. The summed E-state index contributed by atoms with van der Waals surface area (Å²) in [6, 6.07) is 1.52. The van der Waals surface area contributed by atoms with Crippen LogP contribution < -0.4 is 14.8 Å². The average Bonchev–Trinajstić information content (AvgIpc) is 2.75. The molecule has 6 nitrogen and oxygen atoms in total. The van der Waals surface area contributed by atoms with E-state index in [2.05, 4.69) is 10.3 Å². The Labute approximate surface area is 112 Å². The number of sulfone groups is 1. The van der Waals surface area contributed by atoms with Crippen molar-refractivity contribution in [3.63, 3.8) is 0 Å². The lowest BCUT2D eigenvalue weighted by Gasteiger charge is -2.14. The molecule has 0 saturated heterocycles. The van der Waals surface area contributed by atoms with Crippen LogP contribution in [0.1, 0.15) is 5.69 Å². The molecule has 1 N–H and O–H groups in total. The van der Waals surface area contributed by atoms with E-state index in [0.29, 0.717) is 23.7 Å². The summed E-state index contributed by atoms with van der Waals surface area (Å²) in [6.45, 7) is 0.408. The molecule has 1 aromatic heterocycles. The molecular formula is C12H16N2O4S. The first-order chi connectivity index (χ1) is 9.05. The Hall–Kier alpha value is -1.60. The molecule has 19 heavy (non-hydrogen) atoms. The molecule has 7 heteroatoms. The average molecular weight is 284 g/mol. The number of methoxy groups -OCH3 is 2. The minimum absolute atomic E-state index is 0.0826. The second-order valence-corrected chi connectivity index (χ2v) is 6.07. The summed E-state index contributed by atoms with van der Waals surface area (Å²) in [5.74, 6) is 1.24. The topological polar surface area (TPSA) is 77.5 Å². The first kappa shape index (κ1) is 13.8. The van der Waals surface area contributed by atoms with Gasteiger partial charge in [-0.1, -0.05) is 6.08 Å². The molecule has 104 valence electrons. The minimum atomic E-state index is -3.05. The number of aromatic nitrogens is 1. The van der Waals surface area contributed by atoms with Crippen molar-refractivity contribution in [1.82, 2.24) is 10.3 Å². The Kier molecular flexibility index (Phi) is 4.06. The molecule has 0 bridgehead atoms. The number of pyridine rings is 1. The van der Waals surface area contributed by atoms with Gasteiger partial charge in [0, 0.05) is 30.3 Å². The number of hydrogen-bond donors (Lipinski definition) is 1. The molecule has 0 fully saturated rings. The van der Waals surface area contributed by atoms with Crippen molar-refractivity contribution in [3.8, 4) is 11.5 Å². The zero-order valence-electron chi connectivity index (χ0n) is 10.8. The standard InChI is InChI=1S/C12H16N2O4S/c1-17-11-3-5-13-10(12(11)18-2)7-14-9-4-6-19(15,16)8-9/h3-6,9,14H,7-8H2,1-2H3. The van der Waals surface area contributed by atoms with Crippen molar-refractivity contribution < 1.29 is 17.9 Å². The summed E-state index contributed by atoms with van der Waals surface area (Å²) < 4.78 is 33.0. The van der Waals surface area contributed by atoms with Gasteiger partial charge in [-0.05, 0) is 0 Å². The first-order valence-corrected chi connectivity index (χ1v) is 7.47. The van der Waals surface area contributed by atoms with Gasteiger partial charge in [0.1, 0.15) is 0 Å². The highest BCUT2D eigenvalue weighted by atomic mass is 32.2. The van der Waals surface area contributed by atoms with Crippen molar-refractivity contribution in [1.29, 1.82) is 0 Å². The second-order valence-electron chi connectivity index (χ2n) is 4.14. The molecule has 0 aromatic carbocycles. The summed E-state index contributed by atoms with van der Waals surface area (Å²) in [5.41, 5.74) is 0.680. The Morgan fingerprint density at radius 1 is 1.42 bits per heavy atom. The monoisotopic (exact) mass is 284 g/mol. The van der Waals surface area contributed by atoms with Crippen LogP contribution in [0, 0.1) is 0 Å². The van der Waals surface area contributed by atoms with Crippen molar-refractivity contribution in [2.45, 2.75) is 12.6 Å². The van der Waals surface area contributed by atoms with Crippen LogP contribution in [-0.2, 0) is 16.4 Å². The largest absolute Gasteiger partial charge is 0.493 e. The number of rotatable bonds is 5. The Bertz CT molecular complexity index is 583. The predicted molar refractivity (Wildman–Crippen MR) is 70.9 cm³/mol. The Morgan fingerprint density at radius 2 is 2.21 bits per heavy atom. The zero-order chi connectivity index (χ0) is 13.9. The van der Waals surface area contributed by atoms with Crippen molar-refractivity contribution in [2.24, 2.45) is 0 Å². The number of nitrogens with one attached hydrogen (secondary N) is 1. The highest BCUT2D eigenvalue weighted by molar-refractivity contribution is 7.94. The fourth-order valence-electron chi connectivity index (χ4n) is 1.91. The molecule has 0 radical (unpaired) electrons. The molecular weight excluding hydrogens is 268 g/mol. The van der Waals surface area contributed by atoms with E-state index in [1.807, 2.05) is 0 Å². The molecule has 0 spiro atoms. The van der Waals surface area contributed by atoms with Gasteiger partial charge in [-0.3, -0.25) is 4.98 Å². The zero-order valence-corrected chi connectivity index (χ0v) is 11.6. The summed E-state index contributed by atoms with van der Waals surface area (Å²) in [6.07, 6.45) is 3.27. The van der Waals surface area contributed by atoms with Gasteiger partial charge in [0.2, 0.25) is 0 Å². The third-order valence-corrected chi connectivity index (χ3v) is 4.22. The SMILES string of the molecule is COc1ccnc(CNC2C=CS(=O)(=O)C2)c1OC. The van der Waals surface area contributed by atoms with Gasteiger partial charge in [0.05, 0.1) is 25.7 Å². The van der Waals surface area contributed by atoms with Crippen LogP contribution in [0.3, 0.4) is 0 Å². The summed E-state index contributed by atoms with van der Waals surface area (Å²) in [5, 5.41) is 4.35. The number of hydrogen-bond acceptors (Lipinski definition) is 6. The molecule has 1 unspecified atom stereocenters. The maximum absolute atomic E-state index is 11.3. The number of ether oxygens (including phenoxy) is 2. The molecule has 1 aliphatic heterocycles. The summed E-state index contributed by atoms with van der Waals surface area (Å²) >= 11 is 0. The third-order valence-electron chi connectivity index (χ3n) is 2.83. The summed E-state index contributed by atoms with van der Waals surface area (Å²) in [7, 11) is 0.0537. The van der Waals surface area contributed by atoms with Crippen LogP contribution in [0.15, 0.2) is 23.7 Å². The fourth-order valence-corrected chi connectivity index (χ4v) is 3.18. The van der Waals surface area contributed by atoms with Gasteiger partial charge >= 0.3 is 0 Å². The lowest BCUT2D eigenvalue weighted by molar-refractivity contribution is 0.348. The van der Waals surface area contributed by atoms with E-state index in [4.69, 9.17) is 9.47 Å². The molecule has 0 amide bonds. The van der Waals surface area contributed by atoms with Crippen LogP contribution in [0.25, 0.3) is 0 Å². The molecule has 1 aliphatic rings. The van der Waals surface area contributed by atoms with Crippen LogP contribution >= 0.6 is 0 Å². The van der Waals surface area contributed by atoms with Crippen LogP contribution in [0.4, 0.5) is 0 Å². The second kappa shape index (κ2) is 5.58. The van der Waals surface area contributed by atoms with Gasteiger partial charge in [-0.15, -0.1) is 0 Å². The van der Waals surface area contributed by atoms with E-state index in [1.54, 1.807) is 32.6 Å². The maximum Gasteiger partial charge on any atom is 0.183 e. The molecule has 1 aromatic rings. The van der Waals surface area contributed by atoms with Gasteiger partial charge in [0.25, 0.3) is 0 Å². The Morgan fingerprint density at radius 3 is 2.79 bits per heavy atom. The van der Waals surface area contributed by atoms with Crippen LogP contribution in [-0.4, -0.2) is 39.4 Å². The predicted octanol–water partition coefficient (Wildman–Crippen LogP) is 0.499. The van der Waals surface area contributed by atoms with E-state index in [0.717, 1.165) is 0 Å². The van der Waals surface area contributed by atoms with E-state index >= 15 is 0 Å². The molecule has 0 aliphatic carbocycles. The van der Waals surface area contributed by atoms with Gasteiger partial charge in [-0.25, -0.2) is 8.42 Å². The van der Waals surface area contributed by atoms with E-state index < -0.39 is 9.84 Å². The van der Waals surface area contributed by atoms with Crippen molar-refractivity contribution in [2.75, 3.05) is 20.0 Å². The first-order valence-electron chi connectivity index (χ1n) is 5.76. The van der Waals surface area contributed by atoms with E-state index in [-0.39, 0.29) is 11.8 Å². The van der Waals surface area contributed by atoms with Crippen LogP contribution in [0.2, 0.25) is 0 Å². The van der Waals surface area contributed by atoms with Crippen molar-refractivity contribution in [3.05, 3.63) is 29.4 Å². The quantitative estimate of drug-likeness (QED) is 0.848. The lowest BCUT2D eigenvalue weighted by atomic mass is 10.2. The smallest absolute Gasteiger partial charge is 0.183 e. The maximum atomic E-state index is 11.3. The van der Waals surface area contributed by atoms with E-state index in [1.165, 1.54) is 5.41 Å². The normalized spacial score (nSPS) is 20.4. The Balaban J connectivity index is 2.06. The molecule has 2 heterocycles. The highest BCUT2D eigenvalue weighted by Gasteiger charge is 2.21. The third kappa shape index (κ3) is 3.24. The lowest BCUT2D eigenvalue weighted by Crippen LogP contribution is -2.30. The highest BCUT2D eigenvalue weighted by Crippen LogP contribution is 2.28. The minimum Gasteiger partial charge on any atom is -0.493 e. The fraction of sp³-hybridized carbons (Fsp3) is 0.417. The van der Waals surface area contributed by atoms with Gasteiger partial charge in [-0.2, -0.15) is 0 Å². The van der Waals surface area contributed by atoms with Crippen LogP contribution in [0.5, 0.6) is 11.5 Å². The van der Waals surface area contributed by atoms with Gasteiger partial charge in [0.15, 0.2) is 21.3 Å². The van der Waals surface area contributed by atoms with Crippen molar-refractivity contribution >= 4 is 9.84 Å². The van der Waals surface area contributed by atoms with Gasteiger partial charge < -0.3 is 14.8 Å². The van der Waals surface area contributed by atoms with E-state index in [9.17, 15) is 8.42 Å². The molecule has 1 atom stereocenters.